The first-order chi connectivity index (χ1) is 3.93. The summed E-state index contributed by atoms with van der Waals surface area (Å²) in [6.45, 7) is 0. The number of hydrogen-bond acceptors (Lipinski definition) is 3. The molecule has 44 valence electrons. The minimum atomic E-state index is 0.546. The number of halogens is 1. The smallest absolute Gasteiger partial charge is 0.297 e. The molecule has 1 heterocycles. The van der Waals surface area contributed by atoms with Crippen LogP contribution in [0.4, 0.5) is 0 Å². The van der Waals surface area contributed by atoms with Gasteiger partial charge in [-0.15, -0.1) is 0 Å². The Morgan fingerprint density at radius 2 is 2.62 bits per heavy atom. The van der Waals surface area contributed by atoms with Crippen LogP contribution < -0.4 is 4.18 Å². The molecule has 0 unspecified atom stereocenters. The number of rotatable bonds is 2. The lowest BCUT2D eigenvalue weighted by Crippen LogP contribution is -1.67. The van der Waals surface area contributed by atoms with Gasteiger partial charge in [-0.1, -0.05) is 0 Å². The lowest BCUT2D eigenvalue weighted by Gasteiger charge is -1.88. The van der Waals surface area contributed by atoms with Crippen LogP contribution in [0.25, 0.3) is 0 Å². The molecular formula is C4H3IO2S. The maximum atomic E-state index is 4.88. The maximum absolute atomic E-state index is 4.88. The van der Waals surface area contributed by atoms with Crippen molar-refractivity contribution in [3.63, 3.8) is 0 Å². The molecule has 1 rings (SSSR count). The van der Waals surface area contributed by atoms with Gasteiger partial charge in [-0.2, -0.15) is 0 Å². The topological polar surface area (TPSA) is 22.4 Å². The Morgan fingerprint density at radius 1 is 1.75 bits per heavy atom. The second-order valence-corrected chi connectivity index (χ2v) is 2.45. The SMILES string of the molecule is ISOc1ccco1. The van der Waals surface area contributed by atoms with Gasteiger partial charge >= 0.3 is 0 Å². The molecule has 8 heavy (non-hydrogen) atoms. The zero-order valence-electron chi connectivity index (χ0n) is 3.83. The summed E-state index contributed by atoms with van der Waals surface area (Å²) in [6.07, 6.45) is 1.57. The van der Waals surface area contributed by atoms with E-state index in [9.17, 15) is 0 Å². The van der Waals surface area contributed by atoms with Crippen molar-refractivity contribution in [3.8, 4) is 5.95 Å². The van der Waals surface area contributed by atoms with E-state index < -0.39 is 0 Å². The highest BCUT2D eigenvalue weighted by molar-refractivity contribution is 14.2. The highest BCUT2D eigenvalue weighted by Crippen LogP contribution is 2.20. The third-order valence-corrected chi connectivity index (χ3v) is 1.38. The van der Waals surface area contributed by atoms with Gasteiger partial charge < -0.3 is 8.60 Å². The van der Waals surface area contributed by atoms with E-state index in [1.807, 2.05) is 21.2 Å². The summed E-state index contributed by atoms with van der Waals surface area (Å²) in [5.41, 5.74) is 0. The summed E-state index contributed by atoms with van der Waals surface area (Å²) >= 11 is 2.02. The average molecular weight is 242 g/mol. The second kappa shape index (κ2) is 3.24. The minimum Gasteiger partial charge on any atom is -0.434 e. The van der Waals surface area contributed by atoms with E-state index in [1.165, 1.54) is 9.21 Å². The van der Waals surface area contributed by atoms with Crippen LogP contribution in [0.15, 0.2) is 22.8 Å². The summed E-state index contributed by atoms with van der Waals surface area (Å²) in [6, 6.07) is 3.54. The third-order valence-electron chi connectivity index (χ3n) is 0.609. The first-order valence-electron chi connectivity index (χ1n) is 1.92. The highest BCUT2D eigenvalue weighted by atomic mass is 127. The Bertz CT molecular complexity index is 140. The molecule has 1 aromatic rings. The Balaban J connectivity index is 2.50. The third kappa shape index (κ3) is 1.59. The van der Waals surface area contributed by atoms with Gasteiger partial charge in [0.2, 0.25) is 0 Å². The van der Waals surface area contributed by atoms with Gasteiger partial charge in [0.1, 0.15) is 9.21 Å². The molecule has 0 N–H and O–H groups in total. The molecule has 1 aromatic heterocycles. The fourth-order valence-electron chi connectivity index (χ4n) is 0.342. The Kier molecular flexibility index (Phi) is 2.54. The minimum absolute atomic E-state index is 0.546. The maximum Gasteiger partial charge on any atom is 0.297 e. The quantitative estimate of drug-likeness (QED) is 0.588. The average Bonchev–Trinajstić information content (AvgIpc) is 2.19. The summed E-state index contributed by atoms with van der Waals surface area (Å²) in [7, 11) is 1.24. The van der Waals surface area contributed by atoms with Crippen molar-refractivity contribution in [1.29, 1.82) is 0 Å². The van der Waals surface area contributed by atoms with Gasteiger partial charge in [-0.05, 0) is 6.07 Å². The molecule has 0 fully saturated rings. The standard InChI is InChI=1S/C4H3IO2S/c5-8-7-4-2-1-3-6-4/h1-3H. The lowest BCUT2D eigenvalue weighted by atomic mass is 10.7. The van der Waals surface area contributed by atoms with E-state index in [0.29, 0.717) is 5.95 Å². The van der Waals surface area contributed by atoms with Crippen molar-refractivity contribution in [1.82, 2.24) is 0 Å². The molecule has 0 radical (unpaired) electrons. The normalized spacial score (nSPS) is 9.12. The van der Waals surface area contributed by atoms with E-state index in [-0.39, 0.29) is 0 Å². The molecule has 0 aliphatic rings. The van der Waals surface area contributed by atoms with Crippen molar-refractivity contribution in [3.05, 3.63) is 18.4 Å². The van der Waals surface area contributed by atoms with Crippen LogP contribution in [0.2, 0.25) is 0 Å². The first-order valence-corrected chi connectivity index (χ1v) is 5.20. The molecule has 0 bridgehead atoms. The van der Waals surface area contributed by atoms with Gasteiger partial charge in [-0.25, -0.2) is 0 Å². The van der Waals surface area contributed by atoms with Crippen molar-refractivity contribution in [2.45, 2.75) is 0 Å². The van der Waals surface area contributed by atoms with E-state index >= 15 is 0 Å². The molecule has 0 amide bonds. The monoisotopic (exact) mass is 242 g/mol. The lowest BCUT2D eigenvalue weighted by molar-refractivity contribution is 0.426. The molecular weight excluding hydrogens is 239 g/mol. The molecule has 4 heteroatoms. The summed E-state index contributed by atoms with van der Waals surface area (Å²) in [5, 5.41) is 0. The molecule has 0 aliphatic heterocycles. The fraction of sp³-hybridized carbons (Fsp3) is 0. The van der Waals surface area contributed by atoms with E-state index in [1.54, 1.807) is 18.4 Å². The first kappa shape index (κ1) is 6.28. The van der Waals surface area contributed by atoms with Crippen LogP contribution >= 0.6 is 30.4 Å². The van der Waals surface area contributed by atoms with Crippen LogP contribution in [0, 0.1) is 0 Å². The Labute approximate surface area is 63.4 Å². The molecule has 0 spiro atoms. The Hall–Kier alpha value is 0.160. The van der Waals surface area contributed by atoms with Gasteiger partial charge in [0.05, 0.1) is 6.26 Å². The van der Waals surface area contributed by atoms with Crippen LogP contribution in [0.1, 0.15) is 0 Å². The van der Waals surface area contributed by atoms with E-state index in [4.69, 9.17) is 8.60 Å². The van der Waals surface area contributed by atoms with Gasteiger partial charge in [0, 0.05) is 27.3 Å². The summed E-state index contributed by atoms with van der Waals surface area (Å²) in [4.78, 5) is 0. The van der Waals surface area contributed by atoms with Gasteiger partial charge in [0.25, 0.3) is 5.95 Å². The predicted octanol–water partition coefficient (Wildman–Crippen LogP) is 2.66. The molecule has 0 atom stereocenters. The fourth-order valence-corrected chi connectivity index (χ4v) is 1.03. The van der Waals surface area contributed by atoms with Crippen molar-refractivity contribution in [2.75, 3.05) is 0 Å². The molecule has 0 aliphatic carbocycles. The van der Waals surface area contributed by atoms with Gasteiger partial charge in [0.15, 0.2) is 0 Å². The Morgan fingerprint density at radius 3 is 3.12 bits per heavy atom. The summed E-state index contributed by atoms with van der Waals surface area (Å²) in [5.74, 6) is 0.546. The summed E-state index contributed by atoms with van der Waals surface area (Å²) < 4.78 is 9.71. The molecule has 0 saturated heterocycles. The van der Waals surface area contributed by atoms with Crippen LogP contribution in [-0.4, -0.2) is 0 Å². The van der Waals surface area contributed by atoms with Gasteiger partial charge in [-0.3, -0.25) is 0 Å². The zero-order chi connectivity index (χ0) is 5.82. The highest BCUT2D eigenvalue weighted by Gasteiger charge is 1.91. The van der Waals surface area contributed by atoms with E-state index in [2.05, 4.69) is 0 Å². The van der Waals surface area contributed by atoms with E-state index in [0.717, 1.165) is 0 Å². The molecule has 2 nitrogen and oxygen atoms in total. The predicted molar refractivity (Wildman–Crippen MR) is 40.9 cm³/mol. The van der Waals surface area contributed by atoms with Crippen molar-refractivity contribution < 1.29 is 8.60 Å². The number of furan rings is 1. The second-order valence-electron chi connectivity index (χ2n) is 1.08. The zero-order valence-corrected chi connectivity index (χ0v) is 6.81. The van der Waals surface area contributed by atoms with Crippen molar-refractivity contribution >= 4 is 30.4 Å². The number of hydrogen-bond donors (Lipinski definition) is 0. The largest absolute Gasteiger partial charge is 0.434 e. The molecule has 0 aromatic carbocycles. The van der Waals surface area contributed by atoms with Crippen LogP contribution in [-0.2, 0) is 0 Å². The van der Waals surface area contributed by atoms with Crippen LogP contribution in [0.3, 0.4) is 0 Å². The molecule has 0 saturated carbocycles. The van der Waals surface area contributed by atoms with Crippen LogP contribution in [0.5, 0.6) is 5.95 Å². The van der Waals surface area contributed by atoms with Crippen molar-refractivity contribution in [2.24, 2.45) is 0 Å².